The lowest BCUT2D eigenvalue weighted by Gasteiger charge is -2.25. The van der Waals surface area contributed by atoms with Crippen LogP contribution in [0.3, 0.4) is 0 Å². The maximum Gasteiger partial charge on any atom is 0.255 e. The molecule has 1 unspecified atom stereocenters. The fourth-order valence-electron chi connectivity index (χ4n) is 2.89. The van der Waals surface area contributed by atoms with Crippen LogP contribution in [-0.2, 0) is 5.41 Å². The standard InChI is InChI=1S/C20H22BrNOS/c1-20(2,3)16-9-7-14(8-10-16)19-22(11-12-24-19)18(23)15-5-4-6-17(21)13-15/h4-10,13,19H,11-12H2,1-3H3. The third-order valence-corrected chi connectivity index (χ3v) is 6.04. The molecule has 2 aromatic rings. The molecule has 1 atom stereocenters. The van der Waals surface area contributed by atoms with Crippen LogP contribution in [0.25, 0.3) is 0 Å². The summed E-state index contributed by atoms with van der Waals surface area (Å²) in [7, 11) is 0. The summed E-state index contributed by atoms with van der Waals surface area (Å²) in [6.45, 7) is 7.45. The summed E-state index contributed by atoms with van der Waals surface area (Å²) >= 11 is 5.29. The smallest absolute Gasteiger partial charge is 0.255 e. The van der Waals surface area contributed by atoms with Crippen LogP contribution in [-0.4, -0.2) is 23.1 Å². The van der Waals surface area contributed by atoms with Crippen LogP contribution in [0.1, 0.15) is 47.6 Å². The summed E-state index contributed by atoms with van der Waals surface area (Å²) in [5.74, 6) is 1.08. The second-order valence-electron chi connectivity index (χ2n) is 7.10. The van der Waals surface area contributed by atoms with Crippen molar-refractivity contribution >= 4 is 33.6 Å². The van der Waals surface area contributed by atoms with E-state index >= 15 is 0 Å². The number of carbonyl (C=O) groups is 1. The van der Waals surface area contributed by atoms with Crippen molar-refractivity contribution in [1.29, 1.82) is 0 Å². The van der Waals surface area contributed by atoms with E-state index in [1.54, 1.807) is 0 Å². The van der Waals surface area contributed by atoms with E-state index in [4.69, 9.17) is 0 Å². The summed E-state index contributed by atoms with van der Waals surface area (Å²) < 4.78 is 0.936. The van der Waals surface area contributed by atoms with Crippen molar-refractivity contribution in [3.8, 4) is 0 Å². The summed E-state index contributed by atoms with van der Waals surface area (Å²) in [5.41, 5.74) is 3.41. The van der Waals surface area contributed by atoms with Gasteiger partial charge in [-0.1, -0.05) is 67.0 Å². The molecule has 0 aliphatic carbocycles. The molecule has 24 heavy (non-hydrogen) atoms. The van der Waals surface area contributed by atoms with Gasteiger partial charge in [0, 0.05) is 22.3 Å². The molecule has 0 bridgehead atoms. The largest absolute Gasteiger partial charge is 0.322 e. The predicted molar refractivity (Wildman–Crippen MR) is 106 cm³/mol. The van der Waals surface area contributed by atoms with Crippen LogP contribution in [0.5, 0.6) is 0 Å². The molecule has 1 saturated heterocycles. The quantitative estimate of drug-likeness (QED) is 0.646. The zero-order chi connectivity index (χ0) is 17.3. The van der Waals surface area contributed by atoms with Gasteiger partial charge < -0.3 is 4.90 Å². The first-order chi connectivity index (χ1) is 11.4. The average molecular weight is 404 g/mol. The molecule has 1 amide bonds. The molecule has 1 fully saturated rings. The van der Waals surface area contributed by atoms with Crippen LogP contribution >= 0.6 is 27.7 Å². The maximum atomic E-state index is 12.9. The molecule has 2 nitrogen and oxygen atoms in total. The molecule has 0 radical (unpaired) electrons. The molecular weight excluding hydrogens is 382 g/mol. The van der Waals surface area contributed by atoms with Gasteiger partial charge in [0.05, 0.1) is 0 Å². The first kappa shape index (κ1) is 17.6. The molecule has 0 aromatic heterocycles. The van der Waals surface area contributed by atoms with E-state index in [1.807, 2.05) is 40.9 Å². The Morgan fingerprint density at radius 2 is 1.88 bits per heavy atom. The molecule has 0 saturated carbocycles. The van der Waals surface area contributed by atoms with Gasteiger partial charge in [0.25, 0.3) is 5.91 Å². The Kier molecular flexibility index (Phi) is 5.07. The fraction of sp³-hybridized carbons (Fsp3) is 0.350. The number of carbonyl (C=O) groups excluding carboxylic acids is 1. The van der Waals surface area contributed by atoms with Crippen molar-refractivity contribution in [1.82, 2.24) is 4.90 Å². The van der Waals surface area contributed by atoms with Gasteiger partial charge >= 0.3 is 0 Å². The molecule has 126 valence electrons. The highest BCUT2D eigenvalue weighted by Crippen LogP contribution is 2.39. The van der Waals surface area contributed by atoms with Gasteiger partial charge in [0.15, 0.2) is 0 Å². The first-order valence-corrected chi connectivity index (χ1v) is 9.99. The van der Waals surface area contributed by atoms with Gasteiger partial charge in [-0.05, 0) is 34.7 Å². The second kappa shape index (κ2) is 6.93. The molecular formula is C20H22BrNOS. The Morgan fingerprint density at radius 1 is 1.17 bits per heavy atom. The van der Waals surface area contributed by atoms with E-state index in [-0.39, 0.29) is 16.7 Å². The lowest BCUT2D eigenvalue weighted by Crippen LogP contribution is -2.30. The van der Waals surface area contributed by atoms with E-state index in [0.717, 1.165) is 22.3 Å². The van der Waals surface area contributed by atoms with Gasteiger partial charge in [-0.25, -0.2) is 0 Å². The van der Waals surface area contributed by atoms with Crippen LogP contribution in [0.4, 0.5) is 0 Å². The third-order valence-electron chi connectivity index (χ3n) is 4.29. The van der Waals surface area contributed by atoms with Crippen LogP contribution < -0.4 is 0 Å². The van der Waals surface area contributed by atoms with Crippen LogP contribution in [0.15, 0.2) is 53.0 Å². The Morgan fingerprint density at radius 3 is 2.50 bits per heavy atom. The number of rotatable bonds is 2. The Labute approximate surface area is 156 Å². The molecule has 2 aromatic carbocycles. The van der Waals surface area contributed by atoms with Crippen molar-refractivity contribution in [3.05, 3.63) is 69.7 Å². The Hall–Kier alpha value is -1.26. The SMILES string of the molecule is CC(C)(C)c1ccc(C2SCCN2C(=O)c2cccc(Br)c2)cc1. The minimum Gasteiger partial charge on any atom is -0.322 e. The van der Waals surface area contributed by atoms with Gasteiger partial charge in [-0.2, -0.15) is 0 Å². The van der Waals surface area contributed by atoms with Crippen LogP contribution in [0.2, 0.25) is 0 Å². The first-order valence-electron chi connectivity index (χ1n) is 8.15. The number of nitrogens with zero attached hydrogens (tertiary/aromatic N) is 1. The Balaban J connectivity index is 1.84. The molecule has 1 heterocycles. The number of amides is 1. The van der Waals surface area contributed by atoms with E-state index in [2.05, 4.69) is 61.0 Å². The van der Waals surface area contributed by atoms with Crippen molar-refractivity contribution in [2.45, 2.75) is 31.6 Å². The van der Waals surface area contributed by atoms with Crippen molar-refractivity contribution in [3.63, 3.8) is 0 Å². The number of benzene rings is 2. The zero-order valence-electron chi connectivity index (χ0n) is 14.3. The van der Waals surface area contributed by atoms with E-state index in [0.29, 0.717) is 0 Å². The highest BCUT2D eigenvalue weighted by Gasteiger charge is 2.31. The van der Waals surface area contributed by atoms with Gasteiger partial charge in [0.1, 0.15) is 5.37 Å². The fourth-order valence-corrected chi connectivity index (χ4v) is 4.54. The number of hydrogen-bond donors (Lipinski definition) is 0. The monoisotopic (exact) mass is 403 g/mol. The number of halogens is 1. The number of hydrogen-bond acceptors (Lipinski definition) is 2. The molecule has 0 N–H and O–H groups in total. The second-order valence-corrected chi connectivity index (χ2v) is 9.21. The molecule has 1 aliphatic heterocycles. The highest BCUT2D eigenvalue weighted by atomic mass is 79.9. The Bertz CT molecular complexity index is 736. The minimum absolute atomic E-state index is 0.102. The highest BCUT2D eigenvalue weighted by molar-refractivity contribution is 9.10. The van der Waals surface area contributed by atoms with Crippen LogP contribution in [0, 0.1) is 0 Å². The lowest BCUT2D eigenvalue weighted by molar-refractivity contribution is 0.0760. The molecule has 1 aliphatic rings. The topological polar surface area (TPSA) is 20.3 Å². The minimum atomic E-state index is 0.102. The van der Waals surface area contributed by atoms with Crippen molar-refractivity contribution < 1.29 is 4.79 Å². The zero-order valence-corrected chi connectivity index (χ0v) is 16.7. The predicted octanol–water partition coefficient (Wildman–Crippen LogP) is 5.63. The third kappa shape index (κ3) is 3.70. The maximum absolute atomic E-state index is 12.9. The van der Waals surface area contributed by atoms with Crippen molar-refractivity contribution in [2.75, 3.05) is 12.3 Å². The summed E-state index contributed by atoms with van der Waals surface area (Å²) in [6.07, 6.45) is 0. The molecule has 0 spiro atoms. The summed E-state index contributed by atoms with van der Waals surface area (Å²) in [4.78, 5) is 14.9. The van der Waals surface area contributed by atoms with Gasteiger partial charge in [-0.15, -0.1) is 11.8 Å². The average Bonchev–Trinajstić information content (AvgIpc) is 3.03. The van der Waals surface area contributed by atoms with Gasteiger partial charge in [0.2, 0.25) is 0 Å². The summed E-state index contributed by atoms with van der Waals surface area (Å²) in [6, 6.07) is 16.4. The van der Waals surface area contributed by atoms with Crippen molar-refractivity contribution in [2.24, 2.45) is 0 Å². The van der Waals surface area contributed by atoms with E-state index < -0.39 is 0 Å². The molecule has 3 rings (SSSR count). The normalized spacial score (nSPS) is 18.0. The van der Waals surface area contributed by atoms with E-state index in [1.165, 1.54) is 11.1 Å². The van der Waals surface area contributed by atoms with Gasteiger partial charge in [-0.3, -0.25) is 4.79 Å². The lowest BCUT2D eigenvalue weighted by atomic mass is 9.86. The molecule has 4 heteroatoms. The summed E-state index contributed by atoms with van der Waals surface area (Å²) in [5, 5.41) is 0.102. The van der Waals surface area contributed by atoms with E-state index in [9.17, 15) is 4.79 Å². The number of thioether (sulfide) groups is 1.